The maximum Gasteiger partial charge on any atom is 0.229 e. The van der Waals surface area contributed by atoms with E-state index >= 15 is 0 Å². The Bertz CT molecular complexity index is 842. The summed E-state index contributed by atoms with van der Waals surface area (Å²) < 4.78 is 0. The first-order chi connectivity index (χ1) is 12.0. The fourth-order valence-electron chi connectivity index (χ4n) is 2.75. The Morgan fingerprint density at radius 1 is 1.08 bits per heavy atom. The molecule has 4 nitrogen and oxygen atoms in total. The van der Waals surface area contributed by atoms with E-state index in [1.165, 1.54) is 5.56 Å². The van der Waals surface area contributed by atoms with Gasteiger partial charge in [0.05, 0.1) is 10.7 Å². The highest BCUT2D eigenvalue weighted by molar-refractivity contribution is 6.33. The Morgan fingerprint density at radius 2 is 1.84 bits per heavy atom. The Hall–Kier alpha value is -2.59. The minimum absolute atomic E-state index is 0.534. The van der Waals surface area contributed by atoms with Gasteiger partial charge in [-0.05, 0) is 42.7 Å². The van der Waals surface area contributed by atoms with E-state index in [0.29, 0.717) is 11.0 Å². The molecule has 0 fully saturated rings. The Morgan fingerprint density at radius 3 is 2.56 bits per heavy atom. The smallest absolute Gasteiger partial charge is 0.229 e. The second-order valence-electron chi connectivity index (χ2n) is 6.14. The van der Waals surface area contributed by atoms with Gasteiger partial charge >= 0.3 is 0 Å². The van der Waals surface area contributed by atoms with Crippen LogP contribution in [0, 0.1) is 13.8 Å². The molecule has 1 heterocycles. The molecule has 128 valence electrons. The van der Waals surface area contributed by atoms with Gasteiger partial charge in [-0.1, -0.05) is 48.0 Å². The van der Waals surface area contributed by atoms with Gasteiger partial charge in [0.2, 0.25) is 5.95 Å². The van der Waals surface area contributed by atoms with Crippen molar-refractivity contribution in [3.8, 4) is 0 Å². The molecule has 0 saturated carbocycles. The molecule has 0 spiro atoms. The second-order valence-corrected chi connectivity index (χ2v) is 6.55. The summed E-state index contributed by atoms with van der Waals surface area (Å²) in [5, 5.41) is 3.92. The third kappa shape index (κ3) is 4.28. The number of nitrogens with zero attached hydrogens (tertiary/aromatic N) is 3. The highest BCUT2D eigenvalue weighted by Crippen LogP contribution is 2.29. The Kier molecular flexibility index (Phi) is 5.19. The standard InChI is InChI=1S/C20H21ClN4/c1-14-11-15(2)19(17(21)12-14)24-20-22-10-9-18(23-20)25(3)13-16-7-5-4-6-8-16/h4-12H,13H2,1-3H3,(H,22,23,24). The molecule has 2 aromatic carbocycles. The second kappa shape index (κ2) is 7.53. The lowest BCUT2D eigenvalue weighted by Gasteiger charge is -2.19. The summed E-state index contributed by atoms with van der Waals surface area (Å²) in [5.41, 5.74) is 4.27. The van der Waals surface area contributed by atoms with Gasteiger partial charge in [-0.25, -0.2) is 4.98 Å². The lowest BCUT2D eigenvalue weighted by Crippen LogP contribution is -2.18. The van der Waals surface area contributed by atoms with Crippen molar-refractivity contribution in [2.45, 2.75) is 20.4 Å². The van der Waals surface area contributed by atoms with Gasteiger partial charge in [-0.3, -0.25) is 0 Å². The number of benzene rings is 2. The Labute approximate surface area is 153 Å². The first kappa shape index (κ1) is 17.2. The van der Waals surface area contributed by atoms with Gasteiger partial charge in [-0.2, -0.15) is 4.98 Å². The monoisotopic (exact) mass is 352 g/mol. The van der Waals surface area contributed by atoms with Crippen molar-refractivity contribution in [3.63, 3.8) is 0 Å². The van der Waals surface area contributed by atoms with E-state index in [1.54, 1.807) is 6.20 Å². The topological polar surface area (TPSA) is 41.1 Å². The van der Waals surface area contributed by atoms with Crippen LogP contribution in [0.3, 0.4) is 0 Å². The summed E-state index contributed by atoms with van der Waals surface area (Å²) in [5.74, 6) is 1.38. The van der Waals surface area contributed by atoms with E-state index in [4.69, 9.17) is 11.6 Å². The SMILES string of the molecule is Cc1cc(C)c(Nc2nccc(N(C)Cc3ccccc3)n2)c(Cl)c1. The van der Waals surface area contributed by atoms with Gasteiger partial charge in [-0.15, -0.1) is 0 Å². The van der Waals surface area contributed by atoms with E-state index < -0.39 is 0 Å². The number of hydrogen-bond acceptors (Lipinski definition) is 4. The first-order valence-corrected chi connectivity index (χ1v) is 8.52. The molecular formula is C20H21ClN4. The number of anilines is 3. The fraction of sp³-hybridized carbons (Fsp3) is 0.200. The van der Waals surface area contributed by atoms with Crippen molar-refractivity contribution in [3.05, 3.63) is 76.4 Å². The summed E-state index contributed by atoms with van der Waals surface area (Å²) in [4.78, 5) is 11.0. The van der Waals surface area contributed by atoms with E-state index in [9.17, 15) is 0 Å². The fourth-order valence-corrected chi connectivity index (χ4v) is 3.11. The largest absolute Gasteiger partial charge is 0.355 e. The molecule has 0 aliphatic carbocycles. The number of halogens is 1. The van der Waals surface area contributed by atoms with Gasteiger partial charge in [0.1, 0.15) is 5.82 Å². The third-order valence-corrected chi connectivity index (χ3v) is 4.26. The molecule has 3 aromatic rings. The minimum atomic E-state index is 0.534. The average Bonchev–Trinajstić information content (AvgIpc) is 2.59. The normalized spacial score (nSPS) is 10.6. The van der Waals surface area contributed by atoms with Gasteiger partial charge < -0.3 is 10.2 Å². The number of rotatable bonds is 5. The highest BCUT2D eigenvalue weighted by Gasteiger charge is 2.09. The van der Waals surface area contributed by atoms with E-state index in [0.717, 1.165) is 29.2 Å². The van der Waals surface area contributed by atoms with Crippen molar-refractivity contribution in [1.82, 2.24) is 9.97 Å². The molecule has 3 rings (SSSR count). The molecular weight excluding hydrogens is 332 g/mol. The van der Waals surface area contributed by atoms with Crippen LogP contribution in [0.5, 0.6) is 0 Å². The van der Waals surface area contributed by atoms with Crippen LogP contribution in [0.15, 0.2) is 54.7 Å². The molecule has 5 heteroatoms. The van der Waals surface area contributed by atoms with Crippen LogP contribution in [0.4, 0.5) is 17.5 Å². The molecule has 0 amide bonds. The number of aryl methyl sites for hydroxylation is 2. The number of aromatic nitrogens is 2. The number of nitrogens with one attached hydrogen (secondary N) is 1. The lowest BCUT2D eigenvalue weighted by atomic mass is 10.1. The summed E-state index contributed by atoms with van der Waals surface area (Å²) in [7, 11) is 2.02. The van der Waals surface area contributed by atoms with Crippen LogP contribution in [0.2, 0.25) is 5.02 Å². The van der Waals surface area contributed by atoms with Crippen molar-refractivity contribution in [2.24, 2.45) is 0 Å². The summed E-state index contributed by atoms with van der Waals surface area (Å²) in [6, 6.07) is 16.2. The summed E-state index contributed by atoms with van der Waals surface area (Å²) in [6.07, 6.45) is 1.75. The van der Waals surface area contributed by atoms with E-state index in [-0.39, 0.29) is 0 Å². The van der Waals surface area contributed by atoms with E-state index in [2.05, 4.69) is 38.4 Å². The molecule has 0 radical (unpaired) electrons. The van der Waals surface area contributed by atoms with Crippen LogP contribution in [0.1, 0.15) is 16.7 Å². The zero-order chi connectivity index (χ0) is 17.8. The van der Waals surface area contributed by atoms with Crippen LogP contribution in [-0.4, -0.2) is 17.0 Å². The van der Waals surface area contributed by atoms with E-state index in [1.807, 2.05) is 51.2 Å². The third-order valence-electron chi connectivity index (χ3n) is 3.96. The quantitative estimate of drug-likeness (QED) is 0.691. The summed E-state index contributed by atoms with van der Waals surface area (Å²) >= 11 is 6.37. The molecule has 0 bridgehead atoms. The van der Waals surface area contributed by atoms with Crippen LogP contribution < -0.4 is 10.2 Å². The average molecular weight is 353 g/mol. The summed E-state index contributed by atoms with van der Waals surface area (Å²) in [6.45, 7) is 4.83. The number of hydrogen-bond donors (Lipinski definition) is 1. The Balaban J connectivity index is 1.80. The van der Waals surface area contributed by atoms with Crippen molar-refractivity contribution in [1.29, 1.82) is 0 Å². The molecule has 1 N–H and O–H groups in total. The van der Waals surface area contributed by atoms with Gasteiger partial charge in [0, 0.05) is 19.8 Å². The predicted octanol–water partition coefficient (Wildman–Crippen LogP) is 5.13. The molecule has 0 aliphatic heterocycles. The van der Waals surface area contributed by atoms with Gasteiger partial charge in [0.25, 0.3) is 0 Å². The zero-order valence-electron chi connectivity index (χ0n) is 14.6. The molecule has 1 aromatic heterocycles. The highest BCUT2D eigenvalue weighted by atomic mass is 35.5. The van der Waals surface area contributed by atoms with Gasteiger partial charge in [0.15, 0.2) is 0 Å². The van der Waals surface area contributed by atoms with Crippen molar-refractivity contribution < 1.29 is 0 Å². The van der Waals surface area contributed by atoms with Crippen LogP contribution in [0.25, 0.3) is 0 Å². The molecule has 0 atom stereocenters. The van der Waals surface area contributed by atoms with Crippen molar-refractivity contribution in [2.75, 3.05) is 17.3 Å². The maximum atomic E-state index is 6.37. The predicted molar refractivity (Wildman–Crippen MR) is 105 cm³/mol. The lowest BCUT2D eigenvalue weighted by molar-refractivity contribution is 0.893. The maximum absolute atomic E-state index is 6.37. The van der Waals surface area contributed by atoms with Crippen LogP contribution in [-0.2, 0) is 6.54 Å². The molecule has 25 heavy (non-hydrogen) atoms. The molecule has 0 aliphatic rings. The van der Waals surface area contributed by atoms with Crippen molar-refractivity contribution >= 4 is 29.1 Å². The molecule has 0 saturated heterocycles. The minimum Gasteiger partial charge on any atom is -0.355 e. The molecule has 0 unspecified atom stereocenters. The van der Waals surface area contributed by atoms with Crippen LogP contribution >= 0.6 is 11.6 Å². The first-order valence-electron chi connectivity index (χ1n) is 8.15. The zero-order valence-corrected chi connectivity index (χ0v) is 15.4.